The summed E-state index contributed by atoms with van der Waals surface area (Å²) in [5.41, 5.74) is 5.53. The van der Waals surface area contributed by atoms with Crippen molar-refractivity contribution in [3.63, 3.8) is 0 Å². The molecule has 1 fully saturated rings. The van der Waals surface area contributed by atoms with Crippen LogP contribution in [0.3, 0.4) is 0 Å². The van der Waals surface area contributed by atoms with E-state index in [9.17, 15) is 13.2 Å². The molecule has 198 valence electrons. The highest BCUT2D eigenvalue weighted by Crippen LogP contribution is 2.48. The van der Waals surface area contributed by atoms with Crippen LogP contribution in [-0.4, -0.2) is 37.3 Å². The third-order valence-corrected chi connectivity index (χ3v) is 9.50. The van der Waals surface area contributed by atoms with Crippen LogP contribution in [0.4, 0.5) is 0 Å². The summed E-state index contributed by atoms with van der Waals surface area (Å²) in [5.74, 6) is 0.181. The fourth-order valence-electron chi connectivity index (χ4n) is 5.52. The number of hydrogen-bond acceptors (Lipinski definition) is 6. The van der Waals surface area contributed by atoms with Crippen molar-refractivity contribution in [1.82, 2.24) is 15.3 Å². The molecule has 1 aliphatic heterocycles. The molecule has 0 saturated heterocycles. The molecule has 4 aromatic rings. The first-order valence-corrected chi connectivity index (χ1v) is 15.1. The lowest BCUT2D eigenvalue weighted by Crippen LogP contribution is -2.20. The molecule has 6 rings (SSSR count). The number of aryl methyl sites for hydroxylation is 1. The molecule has 0 bridgehead atoms. The van der Waals surface area contributed by atoms with E-state index in [-0.39, 0.29) is 28.3 Å². The van der Waals surface area contributed by atoms with Crippen LogP contribution in [0.5, 0.6) is 0 Å². The number of nitrogens with zero attached hydrogens (tertiary/aromatic N) is 2. The molecule has 1 aliphatic carbocycles. The molecule has 1 N–H and O–H groups in total. The van der Waals surface area contributed by atoms with E-state index < -0.39 is 9.84 Å². The van der Waals surface area contributed by atoms with Gasteiger partial charge in [0.2, 0.25) is 0 Å². The minimum absolute atomic E-state index is 0.0117. The van der Waals surface area contributed by atoms with Gasteiger partial charge in [0, 0.05) is 25.1 Å². The van der Waals surface area contributed by atoms with Crippen molar-refractivity contribution in [2.45, 2.75) is 42.8 Å². The van der Waals surface area contributed by atoms with Crippen molar-refractivity contribution >= 4 is 32.0 Å². The first kappa shape index (κ1) is 25.6. The Morgan fingerprint density at radius 3 is 2.69 bits per heavy atom. The van der Waals surface area contributed by atoms with Crippen molar-refractivity contribution in [3.05, 3.63) is 107 Å². The monoisotopic (exact) mass is 537 g/mol. The highest BCUT2D eigenvalue weighted by Gasteiger charge is 2.43. The Kier molecular flexibility index (Phi) is 6.87. The van der Waals surface area contributed by atoms with Gasteiger partial charge in [-0.05, 0) is 77.4 Å². The molecule has 0 amide bonds. The van der Waals surface area contributed by atoms with Crippen molar-refractivity contribution in [2.75, 3.05) is 13.1 Å². The Morgan fingerprint density at radius 2 is 1.90 bits per heavy atom. The predicted molar refractivity (Wildman–Crippen MR) is 153 cm³/mol. The van der Waals surface area contributed by atoms with Gasteiger partial charge in [-0.3, -0.25) is 9.78 Å². The fraction of sp³-hybridized carbons (Fsp3) is 0.281. The maximum absolute atomic E-state index is 13.1. The largest absolute Gasteiger partial charge is 0.313 e. The Hall–Kier alpha value is -3.68. The van der Waals surface area contributed by atoms with Gasteiger partial charge in [0.15, 0.2) is 9.84 Å². The minimum Gasteiger partial charge on any atom is -0.313 e. The van der Waals surface area contributed by atoms with Crippen LogP contribution < -0.4 is 5.32 Å². The number of ketones is 1. The Bertz CT molecular complexity index is 1690. The zero-order chi connectivity index (χ0) is 27.0. The van der Waals surface area contributed by atoms with Crippen LogP contribution in [0.2, 0.25) is 0 Å². The number of rotatable bonds is 8. The van der Waals surface area contributed by atoms with Crippen LogP contribution in [0, 0.1) is 12.8 Å². The van der Waals surface area contributed by atoms with Gasteiger partial charge in [-0.15, -0.1) is 0 Å². The summed E-state index contributed by atoms with van der Waals surface area (Å²) in [4.78, 5) is 22.1. The molecule has 2 atom stereocenters. The summed E-state index contributed by atoms with van der Waals surface area (Å²) in [6.07, 6.45) is 7.36. The maximum Gasteiger partial charge on any atom is 0.184 e. The summed E-state index contributed by atoms with van der Waals surface area (Å²) in [6, 6.07) is 19.5. The second-order valence-corrected chi connectivity index (χ2v) is 12.6. The summed E-state index contributed by atoms with van der Waals surface area (Å²) >= 11 is 0. The molecule has 39 heavy (non-hydrogen) atoms. The number of Topliss-reactive ketones (excluding diaryl/α,β-unsaturated/α-hetero) is 1. The summed E-state index contributed by atoms with van der Waals surface area (Å²) in [7, 11) is -3.58. The number of carbonyl (C=O) groups excluding carboxylic acids is 1. The van der Waals surface area contributed by atoms with Crippen LogP contribution in [0.15, 0.2) is 84.0 Å². The van der Waals surface area contributed by atoms with E-state index in [0.717, 1.165) is 48.3 Å². The molecule has 1 aromatic heterocycles. The number of carbonyl (C=O) groups is 1. The summed E-state index contributed by atoms with van der Waals surface area (Å²) in [6.45, 7) is 3.74. The molecular formula is C32H31N3O3S. The Labute approximate surface area is 229 Å². The fourth-order valence-corrected chi connectivity index (χ4v) is 6.77. The lowest BCUT2D eigenvalue weighted by molar-refractivity contribution is -0.119. The number of benzene rings is 3. The van der Waals surface area contributed by atoms with Gasteiger partial charge >= 0.3 is 0 Å². The standard InChI is InChI=1S/C32H31N3O3S/c1-21-3-2-4-23-6-5-22(15-28(21)23)16-32(36)30-17-29(30)24-7-9-27(10-8-24)39(37,38)20-26-18-34-19-31(35-26)25-11-13-33-14-12-25/h2-11,15,18-19,29-30,33H,12-14,16-17,20H2,1H3/t29?,30-/m1/s1. The van der Waals surface area contributed by atoms with Crippen molar-refractivity contribution in [2.24, 2.45) is 5.92 Å². The van der Waals surface area contributed by atoms with Crippen molar-refractivity contribution in [3.8, 4) is 0 Å². The number of aromatic nitrogens is 2. The van der Waals surface area contributed by atoms with E-state index in [1.807, 2.05) is 24.3 Å². The average molecular weight is 538 g/mol. The number of nitrogens with one attached hydrogen (secondary N) is 1. The molecule has 0 radical (unpaired) electrons. The van der Waals surface area contributed by atoms with Crippen LogP contribution >= 0.6 is 0 Å². The molecule has 1 unspecified atom stereocenters. The quantitative estimate of drug-likeness (QED) is 0.332. The Morgan fingerprint density at radius 1 is 1.05 bits per heavy atom. The average Bonchev–Trinajstić information content (AvgIpc) is 3.76. The number of fused-ring (bicyclic) bond motifs is 1. The summed E-state index contributed by atoms with van der Waals surface area (Å²) < 4.78 is 26.3. The van der Waals surface area contributed by atoms with Crippen LogP contribution in [0.25, 0.3) is 16.3 Å². The topological polar surface area (TPSA) is 89.0 Å². The molecule has 3 aromatic carbocycles. The molecule has 0 spiro atoms. The van der Waals surface area contributed by atoms with E-state index in [4.69, 9.17) is 0 Å². The van der Waals surface area contributed by atoms with E-state index in [1.54, 1.807) is 18.3 Å². The molecule has 1 saturated carbocycles. The van der Waals surface area contributed by atoms with Crippen molar-refractivity contribution < 1.29 is 13.2 Å². The SMILES string of the molecule is Cc1cccc2ccc(CC(=O)[C@@H]3CC3c3ccc(S(=O)(=O)Cc4cncc(C5=CCNCC5)n4)cc3)cc12. The minimum atomic E-state index is -3.58. The second kappa shape index (κ2) is 10.5. The second-order valence-electron chi connectivity index (χ2n) is 10.6. The van der Waals surface area contributed by atoms with E-state index >= 15 is 0 Å². The highest BCUT2D eigenvalue weighted by atomic mass is 32.2. The van der Waals surface area contributed by atoms with Crippen LogP contribution in [-0.2, 0) is 26.8 Å². The number of hydrogen-bond donors (Lipinski definition) is 1. The van der Waals surface area contributed by atoms with Gasteiger partial charge in [0.1, 0.15) is 5.78 Å². The van der Waals surface area contributed by atoms with E-state index in [2.05, 4.69) is 52.5 Å². The third-order valence-electron chi connectivity index (χ3n) is 7.83. The van der Waals surface area contributed by atoms with Gasteiger partial charge in [-0.25, -0.2) is 13.4 Å². The number of sulfone groups is 1. The third kappa shape index (κ3) is 5.56. The van der Waals surface area contributed by atoms with Gasteiger partial charge < -0.3 is 5.32 Å². The molecule has 6 nitrogen and oxygen atoms in total. The molecule has 2 heterocycles. The Balaban J connectivity index is 1.10. The van der Waals surface area contributed by atoms with Gasteiger partial charge in [0.25, 0.3) is 0 Å². The lowest BCUT2D eigenvalue weighted by Gasteiger charge is -2.13. The summed E-state index contributed by atoms with van der Waals surface area (Å²) in [5, 5.41) is 5.64. The zero-order valence-electron chi connectivity index (χ0n) is 21.9. The highest BCUT2D eigenvalue weighted by molar-refractivity contribution is 7.90. The van der Waals surface area contributed by atoms with E-state index in [0.29, 0.717) is 12.1 Å². The van der Waals surface area contributed by atoms with Crippen LogP contribution in [0.1, 0.15) is 46.8 Å². The van der Waals surface area contributed by atoms with E-state index in [1.165, 1.54) is 22.5 Å². The normalized spacial score (nSPS) is 19.1. The molecule has 2 aliphatic rings. The molecular weight excluding hydrogens is 506 g/mol. The maximum atomic E-state index is 13.1. The first-order valence-electron chi connectivity index (χ1n) is 13.4. The molecule has 7 heteroatoms. The zero-order valence-corrected chi connectivity index (χ0v) is 22.7. The van der Waals surface area contributed by atoms with Crippen molar-refractivity contribution in [1.29, 1.82) is 0 Å². The smallest absolute Gasteiger partial charge is 0.184 e. The first-order chi connectivity index (χ1) is 18.9. The lowest BCUT2D eigenvalue weighted by atomic mass is 9.98. The predicted octanol–water partition coefficient (Wildman–Crippen LogP) is 5.20. The van der Waals surface area contributed by atoms with Gasteiger partial charge in [0.05, 0.1) is 28.2 Å². The van der Waals surface area contributed by atoms with Gasteiger partial charge in [-0.1, -0.05) is 54.6 Å². The van der Waals surface area contributed by atoms with Gasteiger partial charge in [-0.2, -0.15) is 0 Å².